The van der Waals surface area contributed by atoms with E-state index in [0.29, 0.717) is 33.8 Å². The molecule has 1 aromatic heterocycles. The van der Waals surface area contributed by atoms with E-state index in [1.54, 1.807) is 35.2 Å². The molecular weight excluding hydrogens is 382 g/mol. The van der Waals surface area contributed by atoms with Crippen LogP contribution in [0.15, 0.2) is 47.0 Å². The van der Waals surface area contributed by atoms with E-state index in [4.69, 9.17) is 25.6 Å². The maximum Gasteiger partial charge on any atom is 0.254 e. The van der Waals surface area contributed by atoms with Crippen LogP contribution in [0.1, 0.15) is 30.1 Å². The van der Waals surface area contributed by atoms with Gasteiger partial charge in [-0.3, -0.25) is 4.79 Å². The number of amides is 1. The monoisotopic (exact) mass is 399 g/mol. The van der Waals surface area contributed by atoms with Crippen molar-refractivity contribution in [3.8, 4) is 22.9 Å². The van der Waals surface area contributed by atoms with E-state index in [0.717, 1.165) is 5.56 Å². The molecule has 0 fully saturated rings. The number of ether oxygens (including phenoxy) is 2. The molecule has 0 bridgehead atoms. The van der Waals surface area contributed by atoms with Crippen LogP contribution < -0.4 is 9.47 Å². The Balaban J connectivity index is 1.54. The quantitative estimate of drug-likeness (QED) is 0.640. The standard InChI is InChI=1S/C20H18ClN3O4/c1-12(2)24(20(25)14-5-8-16-17(9-14)27-11-26-16)10-18-22-19(23-28-18)13-3-6-15(21)7-4-13/h3-9,12H,10-11H2,1-2H3. The van der Waals surface area contributed by atoms with Crippen molar-refractivity contribution in [2.24, 2.45) is 0 Å². The molecule has 2 aromatic carbocycles. The maximum absolute atomic E-state index is 13.0. The lowest BCUT2D eigenvalue weighted by Gasteiger charge is -2.25. The van der Waals surface area contributed by atoms with Crippen molar-refractivity contribution in [3.63, 3.8) is 0 Å². The lowest BCUT2D eigenvalue weighted by Crippen LogP contribution is -2.36. The van der Waals surface area contributed by atoms with Crippen LogP contribution in [0.2, 0.25) is 5.02 Å². The molecule has 3 aromatic rings. The van der Waals surface area contributed by atoms with Gasteiger partial charge in [0.25, 0.3) is 5.91 Å². The van der Waals surface area contributed by atoms with E-state index in [1.807, 2.05) is 26.0 Å². The van der Waals surface area contributed by atoms with Crippen LogP contribution in [0.25, 0.3) is 11.4 Å². The molecule has 0 radical (unpaired) electrons. The number of benzene rings is 2. The van der Waals surface area contributed by atoms with Gasteiger partial charge in [0.2, 0.25) is 18.5 Å². The van der Waals surface area contributed by atoms with Crippen molar-refractivity contribution in [1.29, 1.82) is 0 Å². The second kappa shape index (κ2) is 7.52. The van der Waals surface area contributed by atoms with Gasteiger partial charge in [-0.05, 0) is 56.3 Å². The number of fused-ring (bicyclic) bond motifs is 1. The minimum Gasteiger partial charge on any atom is -0.454 e. The fraction of sp³-hybridized carbons (Fsp3) is 0.250. The summed E-state index contributed by atoms with van der Waals surface area (Å²) in [4.78, 5) is 19.1. The topological polar surface area (TPSA) is 77.7 Å². The van der Waals surface area contributed by atoms with Gasteiger partial charge >= 0.3 is 0 Å². The van der Waals surface area contributed by atoms with Crippen LogP contribution in [0.5, 0.6) is 11.5 Å². The lowest BCUT2D eigenvalue weighted by molar-refractivity contribution is 0.0667. The average molecular weight is 400 g/mol. The smallest absolute Gasteiger partial charge is 0.254 e. The van der Waals surface area contributed by atoms with Crippen LogP contribution in [-0.4, -0.2) is 33.8 Å². The Labute approximate surface area is 166 Å². The van der Waals surface area contributed by atoms with Crippen molar-refractivity contribution in [3.05, 3.63) is 58.9 Å². The van der Waals surface area contributed by atoms with Crippen LogP contribution in [0.4, 0.5) is 0 Å². The first-order valence-electron chi connectivity index (χ1n) is 8.80. The van der Waals surface area contributed by atoms with Gasteiger partial charge in [-0.2, -0.15) is 4.98 Å². The number of hydrogen-bond acceptors (Lipinski definition) is 6. The van der Waals surface area contributed by atoms with Crippen LogP contribution >= 0.6 is 11.6 Å². The molecule has 0 unspecified atom stereocenters. The van der Waals surface area contributed by atoms with E-state index in [1.165, 1.54) is 0 Å². The van der Waals surface area contributed by atoms with Crippen molar-refractivity contribution in [2.75, 3.05) is 6.79 Å². The number of aromatic nitrogens is 2. The molecule has 0 spiro atoms. The highest BCUT2D eigenvalue weighted by Crippen LogP contribution is 2.33. The molecule has 0 atom stereocenters. The second-order valence-electron chi connectivity index (χ2n) is 6.61. The first-order valence-corrected chi connectivity index (χ1v) is 9.18. The molecule has 0 N–H and O–H groups in total. The summed E-state index contributed by atoms with van der Waals surface area (Å²) in [6.45, 7) is 4.23. The average Bonchev–Trinajstić information content (AvgIpc) is 3.34. The minimum absolute atomic E-state index is 0.0659. The normalized spacial score (nSPS) is 12.4. The summed E-state index contributed by atoms with van der Waals surface area (Å²) in [5.41, 5.74) is 1.30. The SMILES string of the molecule is CC(C)N(Cc1nc(-c2ccc(Cl)cc2)no1)C(=O)c1ccc2c(c1)OCO2. The van der Waals surface area contributed by atoms with E-state index in [9.17, 15) is 4.79 Å². The van der Waals surface area contributed by atoms with E-state index < -0.39 is 0 Å². The summed E-state index contributed by atoms with van der Waals surface area (Å²) in [6, 6.07) is 12.2. The molecule has 1 aliphatic rings. The summed E-state index contributed by atoms with van der Waals surface area (Å²) in [6.07, 6.45) is 0. The fourth-order valence-electron chi connectivity index (χ4n) is 2.87. The van der Waals surface area contributed by atoms with Crippen LogP contribution in [0.3, 0.4) is 0 Å². The molecule has 4 rings (SSSR count). The predicted octanol–water partition coefficient (Wildman–Crippen LogP) is 4.17. The molecule has 2 heterocycles. The van der Waals surface area contributed by atoms with Gasteiger partial charge in [-0.25, -0.2) is 0 Å². The fourth-order valence-corrected chi connectivity index (χ4v) is 2.99. The van der Waals surface area contributed by atoms with Gasteiger partial charge < -0.3 is 18.9 Å². The molecule has 28 heavy (non-hydrogen) atoms. The maximum atomic E-state index is 13.0. The zero-order valence-corrected chi connectivity index (χ0v) is 16.1. The first kappa shape index (κ1) is 18.3. The third kappa shape index (κ3) is 3.66. The Kier molecular flexibility index (Phi) is 4.92. The molecule has 144 valence electrons. The van der Waals surface area contributed by atoms with Gasteiger partial charge in [0.05, 0.1) is 0 Å². The Bertz CT molecular complexity index is 1000. The summed E-state index contributed by atoms with van der Waals surface area (Å²) in [5, 5.41) is 4.64. The number of halogens is 1. The molecule has 7 nitrogen and oxygen atoms in total. The Hall–Kier alpha value is -3.06. The van der Waals surface area contributed by atoms with Gasteiger partial charge in [0.15, 0.2) is 11.5 Å². The number of nitrogens with zero attached hydrogens (tertiary/aromatic N) is 3. The second-order valence-corrected chi connectivity index (χ2v) is 7.05. The summed E-state index contributed by atoms with van der Waals surface area (Å²) in [7, 11) is 0. The van der Waals surface area contributed by atoms with E-state index in [-0.39, 0.29) is 25.3 Å². The largest absolute Gasteiger partial charge is 0.454 e. The summed E-state index contributed by atoms with van der Waals surface area (Å²) >= 11 is 5.91. The van der Waals surface area contributed by atoms with Gasteiger partial charge in [-0.1, -0.05) is 16.8 Å². The minimum atomic E-state index is -0.153. The summed E-state index contributed by atoms with van der Waals surface area (Å²) < 4.78 is 16.0. The molecule has 1 aliphatic heterocycles. The Morgan fingerprint density at radius 1 is 1.14 bits per heavy atom. The summed E-state index contributed by atoms with van der Waals surface area (Å²) in [5.74, 6) is 1.85. The van der Waals surface area contributed by atoms with Crippen molar-refractivity contribution >= 4 is 17.5 Å². The predicted molar refractivity (Wildman–Crippen MR) is 102 cm³/mol. The number of rotatable bonds is 5. The number of carbonyl (C=O) groups is 1. The molecule has 8 heteroatoms. The van der Waals surface area contributed by atoms with Gasteiger partial charge in [-0.15, -0.1) is 0 Å². The lowest BCUT2D eigenvalue weighted by atomic mass is 10.1. The highest BCUT2D eigenvalue weighted by atomic mass is 35.5. The third-order valence-corrected chi connectivity index (χ3v) is 4.63. The zero-order valence-electron chi connectivity index (χ0n) is 15.4. The Morgan fingerprint density at radius 3 is 2.64 bits per heavy atom. The highest BCUT2D eigenvalue weighted by Gasteiger charge is 2.24. The van der Waals surface area contributed by atoms with Gasteiger partial charge in [0, 0.05) is 22.2 Å². The molecule has 0 saturated heterocycles. The zero-order chi connectivity index (χ0) is 19.7. The number of hydrogen-bond donors (Lipinski definition) is 0. The molecule has 0 saturated carbocycles. The molecular formula is C20H18ClN3O4. The molecule has 1 amide bonds. The van der Waals surface area contributed by atoms with Crippen LogP contribution in [-0.2, 0) is 6.54 Å². The van der Waals surface area contributed by atoms with Crippen molar-refractivity contribution in [2.45, 2.75) is 26.4 Å². The van der Waals surface area contributed by atoms with Gasteiger partial charge in [0.1, 0.15) is 6.54 Å². The first-order chi connectivity index (χ1) is 13.5. The van der Waals surface area contributed by atoms with Crippen molar-refractivity contribution in [1.82, 2.24) is 15.0 Å². The highest BCUT2D eigenvalue weighted by molar-refractivity contribution is 6.30. The van der Waals surface area contributed by atoms with E-state index >= 15 is 0 Å². The van der Waals surface area contributed by atoms with E-state index in [2.05, 4.69) is 10.1 Å². The van der Waals surface area contributed by atoms with Crippen LogP contribution in [0, 0.1) is 0 Å². The number of carbonyl (C=O) groups excluding carboxylic acids is 1. The van der Waals surface area contributed by atoms with Crippen molar-refractivity contribution < 1.29 is 18.8 Å². The Morgan fingerprint density at radius 2 is 1.89 bits per heavy atom. The third-order valence-electron chi connectivity index (χ3n) is 4.38. The molecule has 0 aliphatic carbocycles.